The van der Waals surface area contributed by atoms with E-state index in [1.165, 1.54) is 0 Å². The molecule has 228 valence electrons. The maximum absolute atomic E-state index is 13.6. The Hall–Kier alpha value is -1.65. The van der Waals surface area contributed by atoms with Crippen molar-refractivity contribution in [2.75, 3.05) is 19.8 Å². The predicted octanol–water partition coefficient (Wildman–Crippen LogP) is 3.64. The van der Waals surface area contributed by atoms with Gasteiger partial charge in [0.05, 0.1) is 19.8 Å². The highest BCUT2D eigenvalue weighted by Gasteiger charge is 2.95. The van der Waals surface area contributed by atoms with E-state index in [0.29, 0.717) is 0 Å². The predicted molar refractivity (Wildman–Crippen MR) is 85.7 cm³/mol. The number of rotatable bonds is 14. The third kappa shape index (κ3) is 5.92. The number of ether oxygens (including phenoxy) is 1. The first-order chi connectivity index (χ1) is 16.5. The zero-order valence-corrected chi connectivity index (χ0v) is 17.6. The number of aliphatic hydroxyl groups is 4. The number of hydrogen-bond acceptors (Lipinski definition) is 5. The topological polar surface area (TPSA) is 90.2 Å². The molecule has 5 nitrogen and oxygen atoms in total. The van der Waals surface area contributed by atoms with Crippen molar-refractivity contribution in [3.8, 4) is 0 Å². The van der Waals surface area contributed by atoms with E-state index in [1.54, 1.807) is 0 Å². The van der Waals surface area contributed by atoms with Gasteiger partial charge in [-0.3, -0.25) is 0 Å². The van der Waals surface area contributed by atoms with Crippen LogP contribution in [0.15, 0.2) is 12.2 Å². The number of hydrogen-bond donors (Lipinski definition) is 4. The van der Waals surface area contributed by atoms with Crippen molar-refractivity contribution in [1.29, 1.82) is 0 Å². The van der Waals surface area contributed by atoms with Gasteiger partial charge in [0.2, 0.25) is 0 Å². The van der Waals surface area contributed by atoms with E-state index < -0.39 is 97.9 Å². The molecule has 3 atom stereocenters. The van der Waals surface area contributed by atoms with Gasteiger partial charge in [-0.25, -0.2) is 0 Å². The fourth-order valence-corrected chi connectivity index (χ4v) is 2.20. The molecule has 0 aliphatic heterocycles. The van der Waals surface area contributed by atoms with Gasteiger partial charge in [0.1, 0.15) is 18.3 Å². The van der Waals surface area contributed by atoms with Crippen molar-refractivity contribution in [1.82, 2.24) is 0 Å². The van der Waals surface area contributed by atoms with Gasteiger partial charge < -0.3 is 25.2 Å². The zero-order valence-electron chi connectivity index (χ0n) is 17.6. The lowest BCUT2D eigenvalue weighted by Gasteiger charge is -2.42. The molecule has 0 amide bonds. The fraction of sp³-hybridized carbons (Fsp3) is 0.875. The van der Waals surface area contributed by atoms with Gasteiger partial charge in [-0.05, 0) is 6.08 Å². The van der Waals surface area contributed by atoms with Gasteiger partial charge in [0.15, 0.2) is 0 Å². The van der Waals surface area contributed by atoms with Crippen molar-refractivity contribution in [3.63, 3.8) is 0 Å². The summed E-state index contributed by atoms with van der Waals surface area (Å²) in [5, 5.41) is 36.0. The molecular weight excluding hydrogens is 595 g/mol. The Labute approximate surface area is 199 Å². The molecule has 38 heavy (non-hydrogen) atoms. The Morgan fingerprint density at radius 3 is 1.29 bits per heavy atom. The van der Waals surface area contributed by atoms with Crippen LogP contribution in [0.3, 0.4) is 0 Å². The van der Waals surface area contributed by atoms with Gasteiger partial charge in [-0.1, -0.05) is 6.08 Å². The van der Waals surface area contributed by atoms with Gasteiger partial charge in [0.25, 0.3) is 0 Å². The molecule has 0 bridgehead atoms. The number of aliphatic hydroxyl groups excluding tert-OH is 4. The average molecular weight is 610 g/mol. The van der Waals surface area contributed by atoms with E-state index in [9.17, 15) is 84.9 Å². The molecule has 0 aromatic heterocycles. The van der Waals surface area contributed by atoms with Crippen LogP contribution in [0.4, 0.5) is 74.6 Å². The molecule has 0 fully saturated rings. The summed E-state index contributed by atoms with van der Waals surface area (Å²) in [6.07, 6.45) is -16.0. The summed E-state index contributed by atoms with van der Waals surface area (Å²) >= 11 is 0. The first-order valence-electron chi connectivity index (χ1n) is 9.14. The number of alkyl halides is 17. The zero-order chi connectivity index (χ0) is 31.0. The first-order valence-corrected chi connectivity index (χ1v) is 9.14. The average Bonchev–Trinajstić information content (AvgIpc) is 2.75. The monoisotopic (exact) mass is 610 g/mol. The maximum atomic E-state index is 13.6. The fourth-order valence-electron chi connectivity index (χ4n) is 2.20. The summed E-state index contributed by atoms with van der Waals surface area (Å²) in [5.74, 6) is -57.2. The third-order valence-electron chi connectivity index (χ3n) is 4.55. The van der Waals surface area contributed by atoms with Gasteiger partial charge in [-0.15, -0.1) is 0 Å². The van der Waals surface area contributed by atoms with Crippen LogP contribution >= 0.6 is 0 Å². The Kier molecular flexibility index (Phi) is 10.6. The second-order valence-corrected chi connectivity index (χ2v) is 7.31. The Morgan fingerprint density at radius 1 is 0.553 bits per heavy atom. The smallest absolute Gasteiger partial charge is 0.394 e. The summed E-state index contributed by atoms with van der Waals surface area (Å²) in [7, 11) is 0. The molecule has 0 rings (SSSR count). The molecule has 0 aliphatic carbocycles. The molecule has 0 heterocycles. The van der Waals surface area contributed by atoms with E-state index in [4.69, 9.17) is 10.2 Å². The van der Waals surface area contributed by atoms with Crippen molar-refractivity contribution in [3.05, 3.63) is 12.2 Å². The lowest BCUT2D eigenvalue weighted by Crippen LogP contribution is -2.74. The van der Waals surface area contributed by atoms with Crippen molar-refractivity contribution in [2.45, 2.75) is 65.9 Å². The molecule has 0 spiro atoms. The van der Waals surface area contributed by atoms with Crippen molar-refractivity contribution < 1.29 is 99.8 Å². The largest absolute Gasteiger partial charge is 0.460 e. The van der Waals surface area contributed by atoms with Crippen LogP contribution in [0.25, 0.3) is 0 Å². The lowest BCUT2D eigenvalue weighted by molar-refractivity contribution is -0.459. The lowest BCUT2D eigenvalue weighted by atomic mass is 9.89. The van der Waals surface area contributed by atoms with Crippen LogP contribution in [0.2, 0.25) is 0 Å². The minimum Gasteiger partial charge on any atom is -0.394 e. The van der Waals surface area contributed by atoms with Crippen molar-refractivity contribution >= 4 is 0 Å². The Bertz CT molecular complexity index is 811. The summed E-state index contributed by atoms with van der Waals surface area (Å²) < 4.78 is 227. The SMILES string of the molecule is OCC(O)C(O)C(O)COC/C=C/C(F)(F)C(F)(F)C(F)(F)C(F)(F)C(F)(F)C(F)(F)C(F)(F)C(F)(F)F. The van der Waals surface area contributed by atoms with Crippen LogP contribution < -0.4 is 0 Å². The molecule has 3 unspecified atom stereocenters. The van der Waals surface area contributed by atoms with Gasteiger partial charge in [-0.2, -0.15) is 74.6 Å². The van der Waals surface area contributed by atoms with Crippen molar-refractivity contribution in [2.24, 2.45) is 0 Å². The van der Waals surface area contributed by atoms with E-state index in [1.807, 2.05) is 0 Å². The van der Waals surface area contributed by atoms with Crippen LogP contribution in [-0.2, 0) is 4.74 Å². The summed E-state index contributed by atoms with van der Waals surface area (Å²) in [6.45, 7) is -3.76. The van der Waals surface area contributed by atoms with E-state index in [-0.39, 0.29) is 0 Å². The van der Waals surface area contributed by atoms with E-state index in [0.717, 1.165) is 0 Å². The first kappa shape index (κ1) is 36.4. The van der Waals surface area contributed by atoms with E-state index >= 15 is 0 Å². The molecule has 0 aliphatic rings. The minimum atomic E-state index is -8.72. The van der Waals surface area contributed by atoms with Crippen LogP contribution in [0.1, 0.15) is 0 Å². The van der Waals surface area contributed by atoms with Gasteiger partial charge >= 0.3 is 47.6 Å². The molecular formula is C16H15F17O5. The molecule has 0 aromatic rings. The highest BCUT2D eigenvalue weighted by molar-refractivity contribution is 5.18. The molecule has 22 heteroatoms. The molecule has 0 saturated heterocycles. The molecule has 4 N–H and O–H groups in total. The number of allylic oxidation sites excluding steroid dienone is 1. The Morgan fingerprint density at radius 2 is 0.921 bits per heavy atom. The van der Waals surface area contributed by atoms with Crippen LogP contribution in [0.5, 0.6) is 0 Å². The molecule has 0 radical (unpaired) electrons. The molecule has 0 aromatic carbocycles. The van der Waals surface area contributed by atoms with E-state index in [2.05, 4.69) is 4.74 Å². The minimum absolute atomic E-state index is 0.436. The summed E-state index contributed by atoms with van der Waals surface area (Å²) in [5.41, 5.74) is 0. The maximum Gasteiger partial charge on any atom is 0.460 e. The number of halogens is 17. The highest BCUT2D eigenvalue weighted by Crippen LogP contribution is 2.64. The third-order valence-corrected chi connectivity index (χ3v) is 4.55. The Balaban J connectivity index is 6.02. The van der Waals surface area contributed by atoms with Crippen LogP contribution in [-0.4, -0.2) is 106 Å². The summed E-state index contributed by atoms with van der Waals surface area (Å²) in [6, 6.07) is 0. The standard InChI is InChI=1S/C16H15F17O5/c17-9(18,2-1-3-38-5-7(36)8(37)6(35)4-34)10(19,20)11(21,22)12(23,24)13(25,26)14(27,28)15(29,30)16(31,32)33/h1-2,6-8,34-37H,3-5H2/b2-1+. The quantitative estimate of drug-likeness (QED) is 0.137. The molecule has 0 saturated carbocycles. The van der Waals surface area contributed by atoms with Gasteiger partial charge in [0, 0.05) is 0 Å². The second kappa shape index (κ2) is 11.1. The van der Waals surface area contributed by atoms with Crippen LogP contribution in [0, 0.1) is 0 Å². The highest BCUT2D eigenvalue weighted by atomic mass is 19.4. The summed E-state index contributed by atoms with van der Waals surface area (Å²) in [4.78, 5) is 0. The normalized spacial score (nSPS) is 18.1. The second-order valence-electron chi connectivity index (χ2n) is 7.31.